The van der Waals surface area contributed by atoms with Crippen LogP contribution in [0.1, 0.15) is 6.92 Å². The first-order valence-corrected chi connectivity index (χ1v) is 9.20. The van der Waals surface area contributed by atoms with Crippen molar-refractivity contribution in [3.8, 4) is 0 Å². The average Bonchev–Trinajstić information content (AvgIpc) is 2.66. The van der Waals surface area contributed by atoms with E-state index in [0.717, 1.165) is 0 Å². The van der Waals surface area contributed by atoms with E-state index in [0.29, 0.717) is 0 Å². The minimum Gasteiger partial charge on any atom is -0.324 e. The molecule has 0 saturated carbocycles. The predicted octanol–water partition coefficient (Wildman–Crippen LogP) is 5.02. The van der Waals surface area contributed by atoms with Gasteiger partial charge in [-0.3, -0.25) is 14.5 Å². The minimum absolute atomic E-state index is 0. The Kier molecular flexibility index (Phi) is 22.7. The molecule has 1 aromatic carbocycles. The van der Waals surface area contributed by atoms with E-state index in [4.69, 9.17) is 9.79 Å². The standard InChI is InChI=1S/C6H5F.2C5H5N.C2H7O3P.2ClH/c7-6-4-2-1-3-5-6;2*1-2-4-6-5-3-1;1-2-6(3,4)5;;/h1-5H;2*1-5H;2H2,1H3,(H2,3,4,5);2*1H. The summed E-state index contributed by atoms with van der Waals surface area (Å²) < 4.78 is 21.6. The van der Waals surface area contributed by atoms with Gasteiger partial charge in [0.1, 0.15) is 5.82 Å². The van der Waals surface area contributed by atoms with Gasteiger partial charge in [-0.25, -0.2) is 4.39 Å². The van der Waals surface area contributed by atoms with Crippen molar-refractivity contribution in [1.29, 1.82) is 0 Å². The Hall–Kier alpha value is -1.82. The summed E-state index contributed by atoms with van der Waals surface area (Å²) in [5, 5.41) is 0. The third kappa shape index (κ3) is 26.5. The van der Waals surface area contributed by atoms with Crippen LogP contribution < -0.4 is 0 Å². The van der Waals surface area contributed by atoms with E-state index in [1.54, 1.807) is 43.0 Å². The zero-order valence-electron chi connectivity index (χ0n) is 14.7. The number of benzene rings is 1. The molecule has 0 spiro atoms. The summed E-state index contributed by atoms with van der Waals surface area (Å²) in [5.74, 6) is -0.178. The summed E-state index contributed by atoms with van der Waals surface area (Å²) in [6, 6.07) is 19.4. The number of hydrogen-bond donors (Lipinski definition) is 2. The Balaban J connectivity index is -0.000000278. The SMILES string of the molecule is CCP(=O)(O)O.Cl.Cl.Fc1ccccc1.c1ccncc1.c1ccncc1. The second kappa shape index (κ2) is 20.5. The van der Waals surface area contributed by atoms with Crippen LogP contribution in [0.5, 0.6) is 0 Å². The van der Waals surface area contributed by atoms with E-state index in [-0.39, 0.29) is 36.8 Å². The molecule has 2 N–H and O–H groups in total. The number of hydrogen-bond acceptors (Lipinski definition) is 3. The number of rotatable bonds is 1. The smallest absolute Gasteiger partial charge is 0.324 e. The molecular formula is C18H24Cl2FN2O3P. The van der Waals surface area contributed by atoms with E-state index in [1.165, 1.54) is 19.1 Å². The quantitative estimate of drug-likeness (QED) is 0.523. The summed E-state index contributed by atoms with van der Waals surface area (Å²) in [4.78, 5) is 23.4. The Morgan fingerprint density at radius 2 is 1.07 bits per heavy atom. The molecule has 9 heteroatoms. The maximum atomic E-state index is 11.9. The van der Waals surface area contributed by atoms with Crippen LogP contribution in [0.4, 0.5) is 4.39 Å². The lowest BCUT2D eigenvalue weighted by Crippen LogP contribution is -1.76. The van der Waals surface area contributed by atoms with Crippen LogP contribution in [0.25, 0.3) is 0 Å². The largest absolute Gasteiger partial charge is 0.325 e. The highest BCUT2D eigenvalue weighted by Crippen LogP contribution is 2.32. The van der Waals surface area contributed by atoms with Gasteiger partial charge in [0.2, 0.25) is 0 Å². The van der Waals surface area contributed by atoms with Crippen LogP contribution in [-0.4, -0.2) is 25.9 Å². The number of nitrogens with zero attached hydrogens (tertiary/aromatic N) is 2. The Morgan fingerprint density at radius 1 is 0.778 bits per heavy atom. The van der Waals surface area contributed by atoms with Crippen molar-refractivity contribution in [1.82, 2.24) is 9.97 Å². The number of halogens is 3. The van der Waals surface area contributed by atoms with Gasteiger partial charge in [0.15, 0.2) is 0 Å². The molecule has 2 heterocycles. The summed E-state index contributed by atoms with van der Waals surface area (Å²) in [6.45, 7) is 1.45. The first-order valence-electron chi connectivity index (χ1n) is 7.41. The van der Waals surface area contributed by atoms with Gasteiger partial charge in [0.05, 0.1) is 0 Å². The van der Waals surface area contributed by atoms with E-state index in [2.05, 4.69) is 9.97 Å². The molecule has 0 fully saturated rings. The first kappa shape index (κ1) is 29.9. The van der Waals surface area contributed by atoms with E-state index < -0.39 is 7.60 Å². The molecule has 2 aromatic heterocycles. The van der Waals surface area contributed by atoms with Gasteiger partial charge < -0.3 is 9.79 Å². The van der Waals surface area contributed by atoms with Gasteiger partial charge in [0, 0.05) is 30.9 Å². The molecule has 0 aliphatic heterocycles. The van der Waals surface area contributed by atoms with Crippen molar-refractivity contribution in [2.75, 3.05) is 6.16 Å². The maximum Gasteiger partial charge on any atom is 0.325 e. The van der Waals surface area contributed by atoms with Gasteiger partial charge in [0.25, 0.3) is 0 Å². The van der Waals surface area contributed by atoms with Crippen LogP contribution >= 0.6 is 32.4 Å². The third-order valence-electron chi connectivity index (χ3n) is 2.28. The van der Waals surface area contributed by atoms with Crippen LogP contribution in [0.2, 0.25) is 0 Å². The molecule has 5 nitrogen and oxygen atoms in total. The van der Waals surface area contributed by atoms with Crippen LogP contribution in [0.15, 0.2) is 91.5 Å². The highest BCUT2D eigenvalue weighted by atomic mass is 35.5. The molecule has 0 amide bonds. The van der Waals surface area contributed by atoms with E-state index in [1.807, 2.05) is 36.4 Å². The molecule has 0 saturated heterocycles. The second-order valence-electron chi connectivity index (χ2n) is 4.33. The molecule has 0 atom stereocenters. The lowest BCUT2D eigenvalue weighted by Gasteiger charge is -1.92. The molecule has 0 aliphatic rings. The van der Waals surface area contributed by atoms with Gasteiger partial charge >= 0.3 is 7.60 Å². The molecule has 0 aliphatic carbocycles. The van der Waals surface area contributed by atoms with Crippen LogP contribution in [-0.2, 0) is 4.57 Å². The minimum atomic E-state index is -3.65. The fraction of sp³-hybridized carbons (Fsp3) is 0.111. The maximum absolute atomic E-state index is 11.9. The van der Waals surface area contributed by atoms with Crippen molar-refractivity contribution in [3.05, 3.63) is 97.3 Å². The molecule has 0 bridgehead atoms. The predicted molar refractivity (Wildman–Crippen MR) is 112 cm³/mol. The summed E-state index contributed by atoms with van der Waals surface area (Å²) >= 11 is 0. The second-order valence-corrected chi connectivity index (χ2v) is 6.29. The normalized spacial score (nSPS) is 8.44. The van der Waals surface area contributed by atoms with Gasteiger partial charge in [-0.1, -0.05) is 37.3 Å². The van der Waals surface area contributed by atoms with Crippen LogP contribution in [0, 0.1) is 5.82 Å². The topological polar surface area (TPSA) is 83.3 Å². The fourth-order valence-electron chi connectivity index (χ4n) is 1.04. The first-order chi connectivity index (χ1) is 12.0. The molecule has 3 rings (SSSR count). The highest BCUT2D eigenvalue weighted by molar-refractivity contribution is 7.51. The van der Waals surface area contributed by atoms with Crippen molar-refractivity contribution < 1.29 is 18.7 Å². The Labute approximate surface area is 171 Å². The summed E-state index contributed by atoms with van der Waals surface area (Å²) in [5.41, 5.74) is 0. The average molecular weight is 437 g/mol. The lowest BCUT2D eigenvalue weighted by atomic mass is 10.4. The van der Waals surface area contributed by atoms with Crippen molar-refractivity contribution in [2.45, 2.75) is 6.92 Å². The fourth-order valence-corrected chi connectivity index (χ4v) is 1.04. The summed E-state index contributed by atoms with van der Waals surface area (Å²) in [7, 11) is -3.65. The van der Waals surface area contributed by atoms with E-state index in [9.17, 15) is 8.96 Å². The molecule has 150 valence electrons. The van der Waals surface area contributed by atoms with Gasteiger partial charge in [-0.05, 0) is 36.4 Å². The van der Waals surface area contributed by atoms with Crippen molar-refractivity contribution >= 4 is 32.4 Å². The zero-order chi connectivity index (χ0) is 18.8. The zero-order valence-corrected chi connectivity index (χ0v) is 17.2. The lowest BCUT2D eigenvalue weighted by molar-refractivity contribution is 0.375. The van der Waals surface area contributed by atoms with E-state index >= 15 is 0 Å². The monoisotopic (exact) mass is 436 g/mol. The molecule has 3 aromatic rings. The van der Waals surface area contributed by atoms with Crippen molar-refractivity contribution in [3.63, 3.8) is 0 Å². The molecule has 27 heavy (non-hydrogen) atoms. The third-order valence-corrected chi connectivity index (χ3v) is 3.10. The van der Waals surface area contributed by atoms with Crippen molar-refractivity contribution in [2.24, 2.45) is 0 Å². The molecule has 0 unspecified atom stereocenters. The number of aromatic nitrogens is 2. The van der Waals surface area contributed by atoms with Crippen LogP contribution in [0.3, 0.4) is 0 Å². The summed E-state index contributed by atoms with van der Waals surface area (Å²) in [6.07, 6.45) is 6.94. The van der Waals surface area contributed by atoms with Gasteiger partial charge in [-0.2, -0.15) is 0 Å². The molecular weight excluding hydrogens is 413 g/mol. The highest BCUT2D eigenvalue weighted by Gasteiger charge is 2.05. The van der Waals surface area contributed by atoms with Gasteiger partial charge in [-0.15, -0.1) is 24.8 Å². The molecule has 0 radical (unpaired) electrons. The Morgan fingerprint density at radius 3 is 1.19 bits per heavy atom. The Bertz CT molecular complexity index is 593. The number of pyridine rings is 2.